The van der Waals surface area contributed by atoms with Crippen LogP contribution in [0.1, 0.15) is 26.7 Å². The minimum absolute atomic E-state index is 0.588. The fourth-order valence-corrected chi connectivity index (χ4v) is 1.56. The average molecular weight is 237 g/mol. The highest BCUT2D eigenvalue weighted by Gasteiger charge is 2.12. The molecule has 1 saturated heterocycles. The molecule has 0 aromatic rings. The van der Waals surface area contributed by atoms with Crippen molar-refractivity contribution in [3.63, 3.8) is 0 Å². The van der Waals surface area contributed by atoms with Crippen molar-refractivity contribution in [2.24, 2.45) is 10.7 Å². The fourth-order valence-electron chi connectivity index (χ4n) is 1.56. The van der Waals surface area contributed by atoms with Crippen molar-refractivity contribution in [3.05, 3.63) is 23.9 Å². The number of nitrogens with two attached hydrogens (primary N) is 1. The Morgan fingerprint density at radius 3 is 2.53 bits per heavy atom. The van der Waals surface area contributed by atoms with E-state index in [1.807, 2.05) is 6.08 Å². The van der Waals surface area contributed by atoms with E-state index in [1.165, 1.54) is 0 Å². The summed E-state index contributed by atoms with van der Waals surface area (Å²) in [5.41, 5.74) is 8.06. The van der Waals surface area contributed by atoms with E-state index in [1.54, 1.807) is 0 Å². The number of hydrogen-bond donors (Lipinski definition) is 1. The van der Waals surface area contributed by atoms with E-state index in [-0.39, 0.29) is 0 Å². The van der Waals surface area contributed by atoms with Crippen LogP contribution < -0.4 is 5.73 Å². The van der Waals surface area contributed by atoms with Gasteiger partial charge in [-0.15, -0.1) is 0 Å². The van der Waals surface area contributed by atoms with E-state index >= 15 is 0 Å². The maximum Gasteiger partial charge on any atom is 0.196 e. The maximum absolute atomic E-state index is 5.99. The second kappa shape index (κ2) is 7.12. The lowest BCUT2D eigenvalue weighted by Gasteiger charge is -2.27. The van der Waals surface area contributed by atoms with Gasteiger partial charge >= 0.3 is 0 Å². The number of nitrogens with zero attached hydrogens (tertiary/aromatic N) is 2. The largest absolute Gasteiger partial charge is 0.378 e. The number of allylic oxidation sites excluding steroid dienone is 3. The highest BCUT2D eigenvalue weighted by atomic mass is 16.5. The third kappa shape index (κ3) is 4.61. The molecule has 1 fully saturated rings. The minimum Gasteiger partial charge on any atom is -0.378 e. The summed E-state index contributed by atoms with van der Waals surface area (Å²) < 4.78 is 5.28. The third-order valence-electron chi connectivity index (χ3n) is 2.78. The third-order valence-corrected chi connectivity index (χ3v) is 2.78. The van der Waals surface area contributed by atoms with Gasteiger partial charge in [0.05, 0.1) is 13.2 Å². The van der Waals surface area contributed by atoms with Gasteiger partial charge in [0.2, 0.25) is 0 Å². The first-order chi connectivity index (χ1) is 8.17. The van der Waals surface area contributed by atoms with Gasteiger partial charge in [-0.05, 0) is 18.9 Å². The quantitative estimate of drug-likeness (QED) is 0.461. The van der Waals surface area contributed by atoms with Crippen molar-refractivity contribution >= 4 is 5.96 Å². The lowest BCUT2D eigenvalue weighted by atomic mass is 10.2. The summed E-state index contributed by atoms with van der Waals surface area (Å²) in [7, 11) is 0. The summed E-state index contributed by atoms with van der Waals surface area (Å²) in [6, 6.07) is 0. The predicted molar refractivity (Wildman–Crippen MR) is 71.8 cm³/mol. The summed E-state index contributed by atoms with van der Waals surface area (Å²) in [6.07, 6.45) is 3.83. The Bertz CT molecular complexity index is 315. The van der Waals surface area contributed by atoms with Crippen LogP contribution in [0.3, 0.4) is 0 Å². The lowest BCUT2D eigenvalue weighted by molar-refractivity contribution is 0.0675. The number of ether oxygens (including phenoxy) is 1. The molecule has 4 nitrogen and oxygen atoms in total. The zero-order valence-corrected chi connectivity index (χ0v) is 10.9. The molecule has 2 N–H and O–H groups in total. The molecule has 0 aliphatic carbocycles. The molecule has 0 aromatic heterocycles. The van der Waals surface area contributed by atoms with Gasteiger partial charge in [-0.3, -0.25) is 0 Å². The van der Waals surface area contributed by atoms with Crippen LogP contribution >= 0.6 is 0 Å². The number of aliphatic imine (C=N–C) groups is 1. The van der Waals surface area contributed by atoms with Gasteiger partial charge in [0.25, 0.3) is 0 Å². The molecule has 0 bridgehead atoms. The summed E-state index contributed by atoms with van der Waals surface area (Å²) >= 11 is 0. The van der Waals surface area contributed by atoms with Crippen molar-refractivity contribution in [1.29, 1.82) is 0 Å². The molecule has 1 heterocycles. The monoisotopic (exact) mass is 237 g/mol. The second-order valence-corrected chi connectivity index (χ2v) is 4.07. The summed E-state index contributed by atoms with van der Waals surface area (Å²) in [4.78, 5) is 6.53. The van der Waals surface area contributed by atoms with Gasteiger partial charge in [-0.2, -0.15) is 0 Å². The summed E-state index contributed by atoms with van der Waals surface area (Å²) in [5, 5.41) is 0. The minimum atomic E-state index is 0.588. The van der Waals surface area contributed by atoms with Gasteiger partial charge in [-0.1, -0.05) is 26.0 Å². The van der Waals surface area contributed by atoms with Crippen molar-refractivity contribution < 1.29 is 4.74 Å². The van der Waals surface area contributed by atoms with Crippen molar-refractivity contribution in [2.75, 3.05) is 26.3 Å². The van der Waals surface area contributed by atoms with Crippen LogP contribution in [0.5, 0.6) is 0 Å². The van der Waals surface area contributed by atoms with Crippen molar-refractivity contribution in [2.45, 2.75) is 26.7 Å². The van der Waals surface area contributed by atoms with E-state index in [2.05, 4.69) is 30.3 Å². The summed E-state index contributed by atoms with van der Waals surface area (Å²) in [6.45, 7) is 11.2. The molecule has 0 saturated carbocycles. The van der Waals surface area contributed by atoms with Gasteiger partial charge in [0, 0.05) is 18.8 Å². The highest BCUT2D eigenvalue weighted by molar-refractivity contribution is 5.79. The van der Waals surface area contributed by atoms with E-state index in [9.17, 15) is 0 Å². The van der Waals surface area contributed by atoms with Crippen molar-refractivity contribution in [3.8, 4) is 0 Å². The first kappa shape index (κ1) is 13.8. The number of hydrogen-bond acceptors (Lipinski definition) is 2. The average Bonchev–Trinajstić information content (AvgIpc) is 2.38. The number of rotatable bonds is 4. The van der Waals surface area contributed by atoms with E-state index in [0.717, 1.165) is 50.4 Å². The molecular formula is C13H23N3O. The Morgan fingerprint density at radius 1 is 1.35 bits per heavy atom. The number of morpholine rings is 1. The Hall–Kier alpha value is -1.29. The molecule has 0 spiro atoms. The van der Waals surface area contributed by atoms with Crippen LogP contribution in [0.25, 0.3) is 0 Å². The Kier molecular flexibility index (Phi) is 5.77. The molecule has 17 heavy (non-hydrogen) atoms. The van der Waals surface area contributed by atoms with E-state index in [4.69, 9.17) is 10.5 Å². The molecule has 4 heteroatoms. The van der Waals surface area contributed by atoms with E-state index < -0.39 is 0 Å². The molecule has 96 valence electrons. The molecule has 1 aliphatic heterocycles. The van der Waals surface area contributed by atoms with Crippen molar-refractivity contribution in [1.82, 2.24) is 4.90 Å². The lowest BCUT2D eigenvalue weighted by Crippen LogP contribution is -2.44. The van der Waals surface area contributed by atoms with Crippen LogP contribution in [0.2, 0.25) is 0 Å². The SMILES string of the molecule is C=C(/C=C(/CC)N=C(N)N1CCOCC1)CC. The molecule has 1 aliphatic rings. The Morgan fingerprint density at radius 2 is 2.00 bits per heavy atom. The fraction of sp³-hybridized carbons (Fsp3) is 0.615. The molecule has 1 rings (SSSR count). The standard InChI is InChI=1S/C13H23N3O/c1-4-11(3)10-12(5-2)15-13(14)16-6-8-17-9-7-16/h10H,3-9H2,1-2H3,(H2,14,15)/b12-10-. The number of guanidine groups is 1. The highest BCUT2D eigenvalue weighted by Crippen LogP contribution is 2.10. The van der Waals surface area contributed by atoms with E-state index in [0.29, 0.717) is 5.96 Å². The van der Waals surface area contributed by atoms with Crippen LogP contribution in [0.15, 0.2) is 28.9 Å². The molecule has 0 radical (unpaired) electrons. The normalized spacial score (nSPS) is 18.4. The first-order valence-electron chi connectivity index (χ1n) is 6.22. The molecule has 0 unspecified atom stereocenters. The topological polar surface area (TPSA) is 50.8 Å². The molecule has 0 aromatic carbocycles. The van der Waals surface area contributed by atoms with Gasteiger partial charge in [0.1, 0.15) is 0 Å². The van der Waals surface area contributed by atoms with Crippen LogP contribution in [-0.2, 0) is 4.74 Å². The molecule has 0 atom stereocenters. The predicted octanol–water partition coefficient (Wildman–Crippen LogP) is 1.89. The maximum atomic E-state index is 5.99. The van der Waals surface area contributed by atoms with Crippen LogP contribution in [-0.4, -0.2) is 37.2 Å². The Balaban J connectivity index is 2.69. The van der Waals surface area contributed by atoms with Crippen LogP contribution in [0.4, 0.5) is 0 Å². The summed E-state index contributed by atoms with van der Waals surface area (Å²) in [5.74, 6) is 0.588. The second-order valence-electron chi connectivity index (χ2n) is 4.07. The first-order valence-corrected chi connectivity index (χ1v) is 6.22. The zero-order valence-electron chi connectivity index (χ0n) is 10.9. The molecule has 0 amide bonds. The van der Waals surface area contributed by atoms with Gasteiger partial charge in [-0.25, -0.2) is 4.99 Å². The Labute approximate surface area is 104 Å². The zero-order chi connectivity index (χ0) is 12.7. The van der Waals surface area contributed by atoms with Crippen LogP contribution in [0, 0.1) is 0 Å². The molecular weight excluding hydrogens is 214 g/mol. The van der Waals surface area contributed by atoms with Gasteiger partial charge in [0.15, 0.2) is 5.96 Å². The van der Waals surface area contributed by atoms with Gasteiger partial charge < -0.3 is 15.4 Å². The smallest absolute Gasteiger partial charge is 0.196 e.